The molecule has 3 aromatic carbocycles. The average Bonchev–Trinajstić information content (AvgIpc) is 2.91. The van der Waals surface area contributed by atoms with Gasteiger partial charge in [0.15, 0.2) is 0 Å². The first-order chi connectivity index (χ1) is 19.5. The van der Waals surface area contributed by atoms with E-state index in [0.29, 0.717) is 17.7 Å². The summed E-state index contributed by atoms with van der Waals surface area (Å²) in [5, 5.41) is 2.45. The summed E-state index contributed by atoms with van der Waals surface area (Å²) in [6, 6.07) is 14.7. The van der Waals surface area contributed by atoms with Crippen LogP contribution in [0.25, 0.3) is 0 Å². The third kappa shape index (κ3) is 6.72. The normalized spacial score (nSPS) is 12.1. The van der Waals surface area contributed by atoms with Crippen LogP contribution < -0.4 is 16.0 Å². The Bertz CT molecular complexity index is 1430. The van der Waals surface area contributed by atoms with Crippen molar-refractivity contribution in [3.05, 3.63) is 94.5 Å². The Labute approximate surface area is 236 Å². The van der Waals surface area contributed by atoms with Gasteiger partial charge in [-0.1, -0.05) is 36.4 Å². The number of benzene rings is 3. The van der Waals surface area contributed by atoms with Crippen LogP contribution in [0.4, 0.5) is 42.1 Å². The highest BCUT2D eigenvalue weighted by Crippen LogP contribution is 2.53. The van der Waals surface area contributed by atoms with Crippen LogP contribution in [-0.2, 0) is 10.5 Å². The van der Waals surface area contributed by atoms with Crippen LogP contribution >= 0.6 is 0 Å². The number of nitrogens with one attached hydrogen (secondary N) is 1. The van der Waals surface area contributed by atoms with Crippen molar-refractivity contribution in [2.24, 2.45) is 5.73 Å². The van der Waals surface area contributed by atoms with E-state index >= 15 is 0 Å². The number of primary amides is 1. The van der Waals surface area contributed by atoms with Gasteiger partial charge in [-0.3, -0.25) is 14.4 Å². The highest BCUT2D eigenvalue weighted by molar-refractivity contribution is 6.08. The number of halogens is 7. The van der Waals surface area contributed by atoms with E-state index in [2.05, 4.69) is 5.32 Å². The molecule has 224 valence electrons. The molecule has 3 aromatic rings. The van der Waals surface area contributed by atoms with Gasteiger partial charge in [-0.05, 0) is 61.7 Å². The van der Waals surface area contributed by atoms with Gasteiger partial charge in [0.2, 0.25) is 5.91 Å². The van der Waals surface area contributed by atoms with E-state index < -0.39 is 41.3 Å². The number of nitrogens with two attached hydrogens (primary N) is 1. The molecule has 3 rings (SSSR count). The van der Waals surface area contributed by atoms with Gasteiger partial charge in [0.05, 0.1) is 0 Å². The van der Waals surface area contributed by atoms with E-state index in [1.54, 1.807) is 36.4 Å². The number of carbonyl (C=O) groups is 3. The van der Waals surface area contributed by atoms with Crippen LogP contribution in [0.15, 0.2) is 66.7 Å². The summed E-state index contributed by atoms with van der Waals surface area (Å²) in [4.78, 5) is 39.0. The topological polar surface area (TPSA) is 92.5 Å². The zero-order valence-electron chi connectivity index (χ0n) is 22.4. The lowest BCUT2D eigenvalue weighted by Crippen LogP contribution is -2.50. The second-order valence-corrected chi connectivity index (χ2v) is 9.54. The molecule has 0 unspecified atom stereocenters. The zero-order chi connectivity index (χ0) is 31.5. The number of alkyl halides is 7. The molecule has 6 nitrogen and oxygen atoms in total. The van der Waals surface area contributed by atoms with Crippen molar-refractivity contribution in [1.29, 1.82) is 0 Å². The van der Waals surface area contributed by atoms with Gasteiger partial charge < -0.3 is 16.0 Å². The summed E-state index contributed by atoms with van der Waals surface area (Å²) in [7, 11) is 0. The number of hydrogen-bond donors (Lipinski definition) is 2. The summed E-state index contributed by atoms with van der Waals surface area (Å²) in [5.41, 5.74) is -2.04. The lowest BCUT2D eigenvalue weighted by molar-refractivity contribution is -0.348. The Morgan fingerprint density at radius 2 is 1.33 bits per heavy atom. The molecular weight excluding hydrogens is 571 g/mol. The van der Waals surface area contributed by atoms with Crippen molar-refractivity contribution >= 4 is 29.1 Å². The average molecular weight is 598 g/mol. The molecule has 0 fully saturated rings. The molecule has 0 aliphatic heterocycles. The molecule has 0 saturated carbocycles. The van der Waals surface area contributed by atoms with E-state index in [0.717, 1.165) is 13.8 Å². The minimum absolute atomic E-state index is 0.00145. The second kappa shape index (κ2) is 12.2. The summed E-state index contributed by atoms with van der Waals surface area (Å²) >= 11 is 0. The van der Waals surface area contributed by atoms with Crippen LogP contribution in [-0.4, -0.2) is 36.6 Å². The minimum atomic E-state index is -6.28. The molecule has 13 heteroatoms. The van der Waals surface area contributed by atoms with Crippen LogP contribution in [0, 0.1) is 13.8 Å². The predicted molar refractivity (Wildman–Crippen MR) is 142 cm³/mol. The van der Waals surface area contributed by atoms with Gasteiger partial charge in [-0.2, -0.15) is 26.3 Å². The number of anilines is 2. The molecule has 0 saturated heterocycles. The predicted octanol–water partition coefficient (Wildman–Crippen LogP) is 6.76. The molecular formula is C29H26F7N3O3. The molecule has 0 heterocycles. The third-order valence-electron chi connectivity index (χ3n) is 6.44. The quantitative estimate of drug-likeness (QED) is 0.267. The van der Waals surface area contributed by atoms with Gasteiger partial charge in [0.1, 0.15) is 0 Å². The molecule has 42 heavy (non-hydrogen) atoms. The third-order valence-corrected chi connectivity index (χ3v) is 6.44. The molecule has 3 N–H and O–H groups in total. The standard InChI is InChI=1S/C29H26F7N3O3/c1-17-14-21(27(30,28(31,32)33)29(34,35)36)15-18(2)24(17)38-25(41)20-10-6-11-22(16-20)39(13-7-12-23(37)40)26(42)19-8-4-3-5-9-19/h3-6,8-11,14-16H,7,12-13H2,1-2H3,(H2,37,40)(H,38,41). The highest BCUT2D eigenvalue weighted by atomic mass is 19.4. The van der Waals surface area contributed by atoms with Gasteiger partial charge in [0, 0.05) is 41.0 Å². The molecule has 0 spiro atoms. The Morgan fingerprint density at radius 3 is 1.86 bits per heavy atom. The molecule has 0 atom stereocenters. The Morgan fingerprint density at radius 1 is 0.786 bits per heavy atom. The van der Waals surface area contributed by atoms with Crippen molar-refractivity contribution < 1.29 is 45.1 Å². The lowest BCUT2D eigenvalue weighted by Gasteiger charge is -2.31. The van der Waals surface area contributed by atoms with Gasteiger partial charge in [-0.25, -0.2) is 4.39 Å². The van der Waals surface area contributed by atoms with Crippen molar-refractivity contribution in [3.8, 4) is 0 Å². The van der Waals surface area contributed by atoms with Crippen LogP contribution in [0.5, 0.6) is 0 Å². The number of carbonyl (C=O) groups excluding carboxylic acids is 3. The fourth-order valence-electron chi connectivity index (χ4n) is 4.34. The number of hydrogen-bond acceptors (Lipinski definition) is 3. The van der Waals surface area contributed by atoms with Crippen molar-refractivity contribution in [2.75, 3.05) is 16.8 Å². The van der Waals surface area contributed by atoms with Crippen molar-refractivity contribution in [2.45, 2.75) is 44.7 Å². The van der Waals surface area contributed by atoms with Gasteiger partial charge >= 0.3 is 18.0 Å². The Hall–Kier alpha value is -4.42. The van der Waals surface area contributed by atoms with Crippen LogP contribution in [0.2, 0.25) is 0 Å². The van der Waals surface area contributed by atoms with E-state index in [9.17, 15) is 45.1 Å². The summed E-state index contributed by atoms with van der Waals surface area (Å²) in [6.45, 7) is 2.34. The highest BCUT2D eigenvalue weighted by Gasteiger charge is 2.73. The minimum Gasteiger partial charge on any atom is -0.370 e. The maximum absolute atomic E-state index is 14.6. The zero-order valence-corrected chi connectivity index (χ0v) is 22.4. The number of rotatable bonds is 9. The molecule has 0 radical (unpaired) electrons. The maximum Gasteiger partial charge on any atom is 0.435 e. The van der Waals surface area contributed by atoms with Crippen LogP contribution in [0.3, 0.4) is 0 Å². The fraction of sp³-hybridized carbons (Fsp3) is 0.276. The Balaban J connectivity index is 1.94. The Kier molecular flexibility index (Phi) is 9.33. The largest absolute Gasteiger partial charge is 0.435 e. The maximum atomic E-state index is 14.6. The van der Waals surface area contributed by atoms with Gasteiger partial charge in [0.25, 0.3) is 11.8 Å². The number of amides is 3. The summed E-state index contributed by atoms with van der Waals surface area (Å²) < 4.78 is 94.1. The van der Waals surface area contributed by atoms with E-state index in [-0.39, 0.29) is 47.5 Å². The fourth-order valence-corrected chi connectivity index (χ4v) is 4.34. The molecule has 0 aliphatic carbocycles. The smallest absolute Gasteiger partial charge is 0.370 e. The first-order valence-corrected chi connectivity index (χ1v) is 12.5. The van der Waals surface area contributed by atoms with Gasteiger partial charge in [-0.15, -0.1) is 0 Å². The lowest BCUT2D eigenvalue weighted by atomic mass is 9.90. The number of nitrogens with zero attached hydrogens (tertiary/aromatic N) is 1. The monoisotopic (exact) mass is 597 g/mol. The van der Waals surface area contributed by atoms with E-state index in [4.69, 9.17) is 5.73 Å². The van der Waals surface area contributed by atoms with Crippen LogP contribution in [0.1, 0.15) is 50.2 Å². The second-order valence-electron chi connectivity index (χ2n) is 9.54. The molecule has 0 aromatic heterocycles. The van der Waals surface area contributed by atoms with E-state index in [1.807, 2.05) is 0 Å². The SMILES string of the molecule is Cc1cc(C(F)(C(F)(F)F)C(F)(F)F)cc(C)c1NC(=O)c1cccc(N(CCCC(N)=O)C(=O)c2ccccc2)c1. The first-order valence-electron chi connectivity index (χ1n) is 12.5. The van der Waals surface area contributed by atoms with Crippen molar-refractivity contribution in [1.82, 2.24) is 0 Å². The first kappa shape index (κ1) is 32.1. The summed E-state index contributed by atoms with van der Waals surface area (Å²) in [6.07, 6.45) is -12.3. The van der Waals surface area contributed by atoms with E-state index in [1.165, 1.54) is 23.1 Å². The molecule has 0 bridgehead atoms. The number of aryl methyl sites for hydroxylation is 2. The summed E-state index contributed by atoms with van der Waals surface area (Å²) in [5.74, 6) is -1.79. The molecule has 3 amide bonds. The molecule has 0 aliphatic rings. The van der Waals surface area contributed by atoms with Crippen molar-refractivity contribution in [3.63, 3.8) is 0 Å².